The second-order valence-corrected chi connectivity index (χ2v) is 4.56. The molecule has 0 radical (unpaired) electrons. The van der Waals surface area contributed by atoms with Crippen LogP contribution in [0.2, 0.25) is 0 Å². The first-order valence-corrected chi connectivity index (χ1v) is 6.08. The molecule has 0 aromatic heterocycles. The predicted octanol–water partition coefficient (Wildman–Crippen LogP) is 2.43. The summed E-state index contributed by atoms with van der Waals surface area (Å²) in [6.45, 7) is 4.40. The van der Waals surface area contributed by atoms with E-state index < -0.39 is 5.60 Å². The lowest BCUT2D eigenvalue weighted by molar-refractivity contribution is -0.149. The molecular formula is C12H20O3. The van der Waals surface area contributed by atoms with Crippen LogP contribution in [-0.4, -0.2) is 23.8 Å². The first-order valence-electron chi connectivity index (χ1n) is 6.08. The number of carbonyl (C=O) groups is 1. The van der Waals surface area contributed by atoms with Crippen molar-refractivity contribution in [2.45, 2.75) is 63.6 Å². The Hall–Kier alpha value is -0.570. The van der Waals surface area contributed by atoms with Gasteiger partial charge < -0.3 is 9.47 Å². The maximum absolute atomic E-state index is 11.9. The van der Waals surface area contributed by atoms with Crippen LogP contribution in [0.5, 0.6) is 0 Å². The number of fused-ring (bicyclic) bond motifs is 1. The zero-order valence-corrected chi connectivity index (χ0v) is 9.67. The van der Waals surface area contributed by atoms with Crippen LogP contribution in [0, 0.1) is 0 Å². The van der Waals surface area contributed by atoms with Gasteiger partial charge in [-0.25, -0.2) is 4.79 Å². The van der Waals surface area contributed by atoms with Crippen LogP contribution in [0.1, 0.15) is 52.4 Å². The van der Waals surface area contributed by atoms with E-state index in [1.54, 1.807) is 0 Å². The van der Waals surface area contributed by atoms with Crippen molar-refractivity contribution in [1.29, 1.82) is 0 Å². The van der Waals surface area contributed by atoms with Gasteiger partial charge >= 0.3 is 5.97 Å². The molecule has 3 heteroatoms. The summed E-state index contributed by atoms with van der Waals surface area (Å²) in [7, 11) is 0. The quantitative estimate of drug-likeness (QED) is 0.532. The van der Waals surface area contributed by atoms with Crippen molar-refractivity contribution < 1.29 is 14.3 Å². The first-order chi connectivity index (χ1) is 7.21. The minimum absolute atomic E-state index is 0.131. The molecule has 2 unspecified atom stereocenters. The van der Waals surface area contributed by atoms with Gasteiger partial charge in [-0.1, -0.05) is 19.8 Å². The minimum Gasteiger partial charge on any atom is -0.464 e. The standard InChI is InChI=1S/C12H20O3/c1-3-11-8-6-5-7-9-12(11,15-11)10(13)14-4-2/h3-9H2,1-2H3. The molecule has 86 valence electrons. The number of ether oxygens (including phenoxy) is 2. The van der Waals surface area contributed by atoms with E-state index in [0.717, 1.165) is 25.7 Å². The van der Waals surface area contributed by atoms with E-state index in [4.69, 9.17) is 9.47 Å². The van der Waals surface area contributed by atoms with Gasteiger partial charge in [0.15, 0.2) is 5.60 Å². The van der Waals surface area contributed by atoms with Crippen molar-refractivity contribution in [3.63, 3.8) is 0 Å². The Morgan fingerprint density at radius 3 is 2.67 bits per heavy atom. The Bertz CT molecular complexity index is 260. The fourth-order valence-electron chi connectivity index (χ4n) is 2.91. The van der Waals surface area contributed by atoms with Crippen molar-refractivity contribution in [2.75, 3.05) is 6.61 Å². The molecule has 1 aliphatic carbocycles. The van der Waals surface area contributed by atoms with Gasteiger partial charge in [0.1, 0.15) is 5.60 Å². The normalized spacial score (nSPS) is 39.1. The Morgan fingerprint density at radius 1 is 1.27 bits per heavy atom. The molecular weight excluding hydrogens is 192 g/mol. The maximum atomic E-state index is 11.9. The zero-order chi connectivity index (χ0) is 10.9. The molecule has 15 heavy (non-hydrogen) atoms. The summed E-state index contributed by atoms with van der Waals surface area (Å²) in [5.74, 6) is -0.131. The number of hydrogen-bond donors (Lipinski definition) is 0. The molecule has 1 saturated heterocycles. The molecule has 0 spiro atoms. The van der Waals surface area contributed by atoms with Crippen molar-refractivity contribution in [1.82, 2.24) is 0 Å². The van der Waals surface area contributed by atoms with Crippen LogP contribution in [0.4, 0.5) is 0 Å². The smallest absolute Gasteiger partial charge is 0.341 e. The topological polar surface area (TPSA) is 38.8 Å². The zero-order valence-electron chi connectivity index (χ0n) is 9.67. The van der Waals surface area contributed by atoms with Crippen LogP contribution >= 0.6 is 0 Å². The van der Waals surface area contributed by atoms with E-state index in [1.165, 1.54) is 12.8 Å². The third-order valence-electron chi connectivity index (χ3n) is 3.85. The lowest BCUT2D eigenvalue weighted by atomic mass is 9.86. The average molecular weight is 212 g/mol. The fourth-order valence-corrected chi connectivity index (χ4v) is 2.91. The Balaban J connectivity index is 2.15. The van der Waals surface area contributed by atoms with E-state index in [2.05, 4.69) is 6.92 Å². The number of hydrogen-bond acceptors (Lipinski definition) is 3. The minimum atomic E-state index is -0.575. The highest BCUT2D eigenvalue weighted by molar-refractivity contribution is 5.85. The molecule has 2 rings (SSSR count). The third kappa shape index (κ3) is 1.48. The first kappa shape index (κ1) is 10.9. The molecule has 2 fully saturated rings. The Labute approximate surface area is 91.1 Å². The van der Waals surface area contributed by atoms with E-state index in [-0.39, 0.29) is 11.6 Å². The highest BCUT2D eigenvalue weighted by atomic mass is 16.7. The lowest BCUT2D eigenvalue weighted by Gasteiger charge is -2.14. The molecule has 1 aliphatic heterocycles. The van der Waals surface area contributed by atoms with Crippen molar-refractivity contribution in [3.05, 3.63) is 0 Å². The van der Waals surface area contributed by atoms with Crippen LogP contribution in [0.15, 0.2) is 0 Å². The second-order valence-electron chi connectivity index (χ2n) is 4.56. The van der Waals surface area contributed by atoms with Crippen LogP contribution in [0.3, 0.4) is 0 Å². The summed E-state index contributed by atoms with van der Waals surface area (Å²) in [6.07, 6.45) is 6.26. The summed E-state index contributed by atoms with van der Waals surface area (Å²) in [6, 6.07) is 0. The monoisotopic (exact) mass is 212 g/mol. The molecule has 3 nitrogen and oxygen atoms in total. The van der Waals surface area contributed by atoms with E-state index >= 15 is 0 Å². The van der Waals surface area contributed by atoms with Gasteiger partial charge in [0, 0.05) is 0 Å². The van der Waals surface area contributed by atoms with E-state index in [0.29, 0.717) is 6.61 Å². The van der Waals surface area contributed by atoms with Gasteiger partial charge in [0.25, 0.3) is 0 Å². The Morgan fingerprint density at radius 2 is 2.00 bits per heavy atom. The molecule has 2 aliphatic rings. The number of carbonyl (C=O) groups excluding carboxylic acids is 1. The highest BCUT2D eigenvalue weighted by Gasteiger charge is 2.73. The fraction of sp³-hybridized carbons (Fsp3) is 0.917. The SMILES string of the molecule is CCOC(=O)C12CCCCCC1(CC)O2. The molecule has 1 heterocycles. The number of epoxide rings is 1. The number of rotatable bonds is 3. The van der Waals surface area contributed by atoms with Crippen molar-refractivity contribution in [3.8, 4) is 0 Å². The second kappa shape index (κ2) is 3.78. The highest BCUT2D eigenvalue weighted by Crippen LogP contribution is 2.58. The summed E-state index contributed by atoms with van der Waals surface area (Å²) >= 11 is 0. The van der Waals surface area contributed by atoms with Gasteiger partial charge in [-0.3, -0.25) is 0 Å². The maximum Gasteiger partial charge on any atom is 0.341 e. The molecule has 0 aromatic rings. The van der Waals surface area contributed by atoms with E-state index in [9.17, 15) is 4.79 Å². The molecule has 0 amide bonds. The average Bonchev–Trinajstić information content (AvgIpc) is 2.88. The van der Waals surface area contributed by atoms with Gasteiger partial charge in [0.2, 0.25) is 0 Å². The van der Waals surface area contributed by atoms with Gasteiger partial charge in [-0.2, -0.15) is 0 Å². The summed E-state index contributed by atoms with van der Waals surface area (Å²) < 4.78 is 11.0. The van der Waals surface area contributed by atoms with Gasteiger partial charge in [0.05, 0.1) is 6.61 Å². The number of esters is 1. The molecule has 0 N–H and O–H groups in total. The largest absolute Gasteiger partial charge is 0.464 e. The van der Waals surface area contributed by atoms with Crippen molar-refractivity contribution >= 4 is 5.97 Å². The molecule has 0 aromatic carbocycles. The van der Waals surface area contributed by atoms with Gasteiger partial charge in [-0.05, 0) is 32.6 Å². The van der Waals surface area contributed by atoms with E-state index in [1.807, 2.05) is 6.92 Å². The summed E-state index contributed by atoms with van der Waals surface area (Å²) in [5.41, 5.74) is -0.760. The lowest BCUT2D eigenvalue weighted by Crippen LogP contribution is -2.34. The summed E-state index contributed by atoms with van der Waals surface area (Å²) in [5, 5.41) is 0. The summed E-state index contributed by atoms with van der Waals surface area (Å²) in [4.78, 5) is 11.9. The third-order valence-corrected chi connectivity index (χ3v) is 3.85. The van der Waals surface area contributed by atoms with Crippen LogP contribution in [0.25, 0.3) is 0 Å². The molecule has 2 atom stereocenters. The Kier molecular flexibility index (Phi) is 2.75. The molecule has 0 bridgehead atoms. The van der Waals surface area contributed by atoms with Crippen molar-refractivity contribution in [2.24, 2.45) is 0 Å². The van der Waals surface area contributed by atoms with Gasteiger partial charge in [-0.15, -0.1) is 0 Å². The predicted molar refractivity (Wildman–Crippen MR) is 56.6 cm³/mol. The van der Waals surface area contributed by atoms with Crippen LogP contribution < -0.4 is 0 Å². The van der Waals surface area contributed by atoms with Crippen LogP contribution in [-0.2, 0) is 14.3 Å². The molecule has 1 saturated carbocycles.